The highest BCUT2D eigenvalue weighted by Gasteiger charge is 2.39. The molecule has 0 aromatic heterocycles. The Hall–Kier alpha value is -1.30. The molecular weight excluding hydrogens is 190 g/mol. The third kappa shape index (κ3) is 2.38. The molecule has 0 aliphatic carbocycles. The minimum absolute atomic E-state index is 0.138. The largest absolute Gasteiger partial charge is 0.274 e. The molecule has 1 saturated heterocycles. The summed E-state index contributed by atoms with van der Waals surface area (Å²) in [5.74, 6) is 2.22. The fourth-order valence-electron chi connectivity index (χ4n) is 1.91. The fourth-order valence-corrected chi connectivity index (χ4v) is 1.91. The number of terminal acetylenes is 1. The first-order valence-electron chi connectivity index (χ1n) is 5.22. The van der Waals surface area contributed by atoms with E-state index < -0.39 is 0 Å². The van der Waals surface area contributed by atoms with Crippen molar-refractivity contribution in [3.8, 4) is 12.3 Å². The van der Waals surface area contributed by atoms with Gasteiger partial charge in [0, 0.05) is 12.8 Å². The summed E-state index contributed by atoms with van der Waals surface area (Å²) in [6.07, 6.45) is 6.73. The molecule has 1 atom stereocenters. The number of hydrogen-bond donors (Lipinski definition) is 0. The summed E-state index contributed by atoms with van der Waals surface area (Å²) in [6, 6.07) is -0.374. The summed E-state index contributed by atoms with van der Waals surface area (Å²) < 4.78 is 0. The van der Waals surface area contributed by atoms with Crippen LogP contribution < -0.4 is 0 Å². The molecule has 2 amide bonds. The molecule has 0 radical (unpaired) electrons. The Morgan fingerprint density at radius 1 is 1.40 bits per heavy atom. The van der Waals surface area contributed by atoms with Crippen LogP contribution in [0.25, 0.3) is 0 Å². The first-order chi connectivity index (χ1) is 6.91. The molecule has 1 fully saturated rings. The van der Waals surface area contributed by atoms with Gasteiger partial charge < -0.3 is 0 Å². The molecule has 1 aliphatic heterocycles. The zero-order valence-corrected chi connectivity index (χ0v) is 9.54. The van der Waals surface area contributed by atoms with E-state index in [-0.39, 0.29) is 23.3 Å². The summed E-state index contributed by atoms with van der Waals surface area (Å²) in [5, 5.41) is 0. The van der Waals surface area contributed by atoms with Crippen molar-refractivity contribution in [3.63, 3.8) is 0 Å². The average Bonchev–Trinajstić information content (AvgIpc) is 2.09. The van der Waals surface area contributed by atoms with Crippen LogP contribution in [-0.2, 0) is 9.59 Å². The number of piperidine rings is 1. The Labute approximate surface area is 90.8 Å². The minimum atomic E-state index is -0.374. The lowest BCUT2D eigenvalue weighted by atomic mass is 9.81. The third-order valence-electron chi connectivity index (χ3n) is 2.69. The van der Waals surface area contributed by atoms with Gasteiger partial charge in [-0.3, -0.25) is 14.5 Å². The van der Waals surface area contributed by atoms with Crippen LogP contribution in [0, 0.1) is 17.8 Å². The van der Waals surface area contributed by atoms with Gasteiger partial charge in [-0.2, -0.15) is 0 Å². The van der Waals surface area contributed by atoms with Crippen LogP contribution in [0.5, 0.6) is 0 Å². The monoisotopic (exact) mass is 207 g/mol. The molecule has 1 aliphatic rings. The van der Waals surface area contributed by atoms with Crippen LogP contribution in [0.2, 0.25) is 0 Å². The number of carbonyl (C=O) groups is 2. The first-order valence-corrected chi connectivity index (χ1v) is 5.22. The van der Waals surface area contributed by atoms with Gasteiger partial charge in [-0.25, -0.2) is 0 Å². The van der Waals surface area contributed by atoms with Crippen LogP contribution in [0.1, 0.15) is 40.0 Å². The van der Waals surface area contributed by atoms with Gasteiger partial charge in [-0.05, 0) is 11.8 Å². The summed E-state index contributed by atoms with van der Waals surface area (Å²) in [4.78, 5) is 24.8. The molecule has 0 aromatic carbocycles. The maximum Gasteiger partial charge on any atom is 0.230 e. The molecule has 1 rings (SSSR count). The van der Waals surface area contributed by atoms with Gasteiger partial charge in [0.25, 0.3) is 0 Å². The van der Waals surface area contributed by atoms with E-state index in [1.807, 2.05) is 20.8 Å². The van der Waals surface area contributed by atoms with Crippen molar-refractivity contribution < 1.29 is 9.59 Å². The molecule has 3 nitrogen and oxygen atoms in total. The Balaban J connectivity index is 2.89. The van der Waals surface area contributed by atoms with Gasteiger partial charge in [0.1, 0.15) is 6.04 Å². The molecule has 0 N–H and O–H groups in total. The van der Waals surface area contributed by atoms with Crippen molar-refractivity contribution in [1.82, 2.24) is 4.90 Å². The molecule has 0 spiro atoms. The van der Waals surface area contributed by atoms with Crippen molar-refractivity contribution in [1.29, 1.82) is 0 Å². The van der Waals surface area contributed by atoms with Crippen LogP contribution >= 0.6 is 0 Å². The quantitative estimate of drug-likeness (QED) is 0.509. The fraction of sp³-hybridized carbons (Fsp3) is 0.667. The normalized spacial score (nSPS) is 22.4. The van der Waals surface area contributed by atoms with E-state index in [0.717, 1.165) is 0 Å². The lowest BCUT2D eigenvalue weighted by Crippen LogP contribution is -2.50. The second-order valence-corrected chi connectivity index (χ2v) is 4.77. The summed E-state index contributed by atoms with van der Waals surface area (Å²) >= 11 is 0. The number of rotatable bonds is 2. The molecule has 1 heterocycles. The minimum Gasteiger partial charge on any atom is -0.274 e. The number of hydrogen-bond acceptors (Lipinski definition) is 2. The van der Waals surface area contributed by atoms with E-state index in [4.69, 9.17) is 6.42 Å². The smallest absolute Gasteiger partial charge is 0.230 e. The summed E-state index contributed by atoms with van der Waals surface area (Å²) in [5.41, 5.74) is -0.225. The van der Waals surface area contributed by atoms with Crippen molar-refractivity contribution in [2.24, 2.45) is 5.41 Å². The zero-order chi connectivity index (χ0) is 11.6. The molecule has 82 valence electrons. The van der Waals surface area contributed by atoms with Crippen LogP contribution in [-0.4, -0.2) is 22.8 Å². The maximum atomic E-state index is 11.8. The third-order valence-corrected chi connectivity index (χ3v) is 2.69. The second-order valence-electron chi connectivity index (χ2n) is 4.77. The van der Waals surface area contributed by atoms with Crippen molar-refractivity contribution >= 4 is 11.8 Å². The van der Waals surface area contributed by atoms with E-state index in [9.17, 15) is 9.59 Å². The Morgan fingerprint density at radius 2 is 1.87 bits per heavy atom. The number of nitrogens with zero attached hydrogens (tertiary/aromatic N) is 1. The van der Waals surface area contributed by atoms with Gasteiger partial charge in [-0.15, -0.1) is 6.42 Å². The first kappa shape index (κ1) is 11.8. The highest BCUT2D eigenvalue weighted by atomic mass is 16.2. The molecule has 0 saturated carbocycles. The number of amides is 2. The lowest BCUT2D eigenvalue weighted by molar-refractivity contribution is -0.154. The standard InChI is InChI=1S/C12H17NO2/c1-5-9(6-2)13-10(14)7-12(3,4)8-11(13)15/h1,9H,6-8H2,2-4H3. The Kier molecular flexibility index (Phi) is 3.18. The maximum absolute atomic E-state index is 11.8. The molecule has 3 heteroatoms. The molecular formula is C12H17NO2. The van der Waals surface area contributed by atoms with E-state index in [0.29, 0.717) is 19.3 Å². The van der Waals surface area contributed by atoms with Gasteiger partial charge in [0.05, 0.1) is 0 Å². The Morgan fingerprint density at radius 3 is 2.20 bits per heavy atom. The lowest BCUT2D eigenvalue weighted by Gasteiger charge is -2.37. The zero-order valence-electron chi connectivity index (χ0n) is 9.54. The number of carbonyl (C=O) groups excluding carboxylic acids is 2. The predicted octanol–water partition coefficient (Wildman–Crippen LogP) is 1.57. The topological polar surface area (TPSA) is 37.4 Å². The van der Waals surface area contributed by atoms with Crippen molar-refractivity contribution in [2.75, 3.05) is 0 Å². The van der Waals surface area contributed by atoms with Crippen molar-refractivity contribution in [2.45, 2.75) is 46.1 Å². The van der Waals surface area contributed by atoms with Crippen LogP contribution in [0.15, 0.2) is 0 Å². The van der Waals surface area contributed by atoms with Gasteiger partial charge in [-0.1, -0.05) is 26.7 Å². The van der Waals surface area contributed by atoms with Crippen LogP contribution in [0.4, 0.5) is 0 Å². The van der Waals surface area contributed by atoms with Gasteiger partial charge >= 0.3 is 0 Å². The molecule has 0 aromatic rings. The SMILES string of the molecule is C#CC(CC)N1C(=O)CC(C)(C)CC1=O. The number of likely N-dealkylation sites (tertiary alicyclic amines) is 1. The summed E-state index contributed by atoms with van der Waals surface area (Å²) in [7, 11) is 0. The number of imide groups is 1. The van der Waals surface area contributed by atoms with Gasteiger partial charge in [0.15, 0.2) is 0 Å². The molecule has 15 heavy (non-hydrogen) atoms. The highest BCUT2D eigenvalue weighted by Crippen LogP contribution is 2.32. The van der Waals surface area contributed by atoms with E-state index in [1.54, 1.807) is 0 Å². The highest BCUT2D eigenvalue weighted by molar-refractivity contribution is 5.99. The van der Waals surface area contributed by atoms with Crippen LogP contribution in [0.3, 0.4) is 0 Å². The molecule has 1 unspecified atom stereocenters. The Bertz CT molecular complexity index is 305. The van der Waals surface area contributed by atoms with E-state index in [2.05, 4.69) is 5.92 Å². The second kappa shape index (κ2) is 4.06. The molecule has 0 bridgehead atoms. The van der Waals surface area contributed by atoms with E-state index >= 15 is 0 Å². The average molecular weight is 207 g/mol. The van der Waals surface area contributed by atoms with Crippen molar-refractivity contribution in [3.05, 3.63) is 0 Å². The predicted molar refractivity (Wildman–Crippen MR) is 57.8 cm³/mol. The van der Waals surface area contributed by atoms with E-state index in [1.165, 1.54) is 4.90 Å². The summed E-state index contributed by atoms with van der Waals surface area (Å²) in [6.45, 7) is 5.73. The van der Waals surface area contributed by atoms with Gasteiger partial charge in [0.2, 0.25) is 11.8 Å².